The van der Waals surface area contributed by atoms with E-state index in [9.17, 15) is 14.4 Å². The van der Waals surface area contributed by atoms with Gasteiger partial charge in [0.2, 0.25) is 11.8 Å². The van der Waals surface area contributed by atoms with E-state index in [1.54, 1.807) is 42.5 Å². The predicted octanol–water partition coefficient (Wildman–Crippen LogP) is 3.64. The number of nitrogens with one attached hydrogen (secondary N) is 2. The first-order valence-electron chi connectivity index (χ1n) is 9.61. The molecule has 0 radical (unpaired) electrons. The zero-order valence-electron chi connectivity index (χ0n) is 16.9. The Kier molecular flexibility index (Phi) is 6.85. The maximum atomic E-state index is 12.9. The molecule has 2 unspecified atom stereocenters. The van der Waals surface area contributed by atoms with Crippen LogP contribution < -0.4 is 15.4 Å². The van der Waals surface area contributed by atoms with Gasteiger partial charge in [0.15, 0.2) is 0 Å². The van der Waals surface area contributed by atoms with Crippen molar-refractivity contribution in [3.05, 3.63) is 66.2 Å². The number of methoxy groups -OCH3 is 2. The maximum Gasteiger partial charge on any atom is 0.337 e. The van der Waals surface area contributed by atoms with Crippen molar-refractivity contribution in [3.63, 3.8) is 0 Å². The lowest BCUT2D eigenvalue weighted by Crippen LogP contribution is -2.37. The second-order valence-corrected chi connectivity index (χ2v) is 6.90. The first kappa shape index (κ1) is 21.1. The molecule has 2 N–H and O–H groups in total. The van der Waals surface area contributed by atoms with E-state index in [4.69, 9.17) is 4.74 Å². The van der Waals surface area contributed by atoms with E-state index in [1.807, 2.05) is 18.2 Å². The first-order chi connectivity index (χ1) is 14.5. The van der Waals surface area contributed by atoms with Crippen LogP contribution in [0.15, 0.2) is 60.7 Å². The summed E-state index contributed by atoms with van der Waals surface area (Å²) in [4.78, 5) is 37.4. The lowest BCUT2D eigenvalue weighted by molar-refractivity contribution is -0.129. The van der Waals surface area contributed by atoms with E-state index in [0.29, 0.717) is 35.5 Å². The molecule has 2 atom stereocenters. The van der Waals surface area contributed by atoms with Gasteiger partial charge in [0.25, 0.3) is 0 Å². The van der Waals surface area contributed by atoms with Gasteiger partial charge in [-0.15, -0.1) is 0 Å². The standard InChI is InChI=1S/C23H24N2O5/c1-29-20-10-6-5-9-19(20)25-22(27)18-8-4-3-7-17(18)21(26)24-16-13-11-15(12-14-16)23(28)30-2/h3-6,9-14,17-18H,7-8H2,1-2H3,(H,24,26)(H,25,27). The van der Waals surface area contributed by atoms with Crippen LogP contribution in [-0.4, -0.2) is 32.0 Å². The van der Waals surface area contributed by atoms with Gasteiger partial charge in [0, 0.05) is 5.69 Å². The van der Waals surface area contributed by atoms with Crippen LogP contribution in [0.1, 0.15) is 23.2 Å². The largest absolute Gasteiger partial charge is 0.495 e. The number of esters is 1. The van der Waals surface area contributed by atoms with Gasteiger partial charge in [-0.2, -0.15) is 0 Å². The molecule has 2 amide bonds. The molecule has 2 aromatic rings. The van der Waals surface area contributed by atoms with Crippen molar-refractivity contribution < 1.29 is 23.9 Å². The molecular formula is C23H24N2O5. The van der Waals surface area contributed by atoms with Crippen LogP contribution in [0.25, 0.3) is 0 Å². The third kappa shape index (κ3) is 4.86. The minimum Gasteiger partial charge on any atom is -0.495 e. The molecule has 3 rings (SSSR count). The highest BCUT2D eigenvalue weighted by Crippen LogP contribution is 2.30. The maximum absolute atomic E-state index is 12.9. The van der Waals surface area contributed by atoms with Crippen molar-refractivity contribution in [2.75, 3.05) is 24.9 Å². The Bertz CT molecular complexity index is 952. The summed E-state index contributed by atoms with van der Waals surface area (Å²) in [5.74, 6) is -1.38. The van der Waals surface area contributed by atoms with E-state index in [0.717, 1.165) is 0 Å². The van der Waals surface area contributed by atoms with E-state index < -0.39 is 17.8 Å². The SMILES string of the molecule is COC(=O)c1ccc(NC(=O)C2CC=CCC2C(=O)Nc2ccccc2OC)cc1. The van der Waals surface area contributed by atoms with Crippen molar-refractivity contribution in [3.8, 4) is 5.75 Å². The lowest BCUT2D eigenvalue weighted by atomic mass is 9.81. The van der Waals surface area contributed by atoms with Gasteiger partial charge in [-0.3, -0.25) is 9.59 Å². The first-order valence-corrected chi connectivity index (χ1v) is 9.61. The Hall–Kier alpha value is -3.61. The van der Waals surface area contributed by atoms with Crippen LogP contribution in [0.3, 0.4) is 0 Å². The fourth-order valence-corrected chi connectivity index (χ4v) is 3.41. The summed E-state index contributed by atoms with van der Waals surface area (Å²) in [7, 11) is 2.85. The third-order valence-electron chi connectivity index (χ3n) is 5.04. The topological polar surface area (TPSA) is 93.7 Å². The molecule has 0 saturated heterocycles. The minimum atomic E-state index is -0.509. The van der Waals surface area contributed by atoms with E-state index in [-0.39, 0.29) is 11.8 Å². The van der Waals surface area contributed by atoms with Crippen LogP contribution in [0.2, 0.25) is 0 Å². The van der Waals surface area contributed by atoms with Crippen molar-refractivity contribution in [2.24, 2.45) is 11.8 Å². The Labute approximate surface area is 175 Å². The molecule has 0 spiro atoms. The van der Waals surface area contributed by atoms with Crippen LogP contribution in [0.5, 0.6) is 5.75 Å². The number of para-hydroxylation sites is 2. The van der Waals surface area contributed by atoms with Crippen LogP contribution >= 0.6 is 0 Å². The molecule has 7 heteroatoms. The number of amides is 2. The summed E-state index contributed by atoms with van der Waals surface area (Å²) in [5, 5.41) is 5.71. The third-order valence-corrected chi connectivity index (χ3v) is 5.04. The molecule has 0 saturated carbocycles. The zero-order valence-corrected chi connectivity index (χ0v) is 16.9. The highest BCUT2D eigenvalue weighted by Gasteiger charge is 2.34. The zero-order chi connectivity index (χ0) is 21.5. The highest BCUT2D eigenvalue weighted by molar-refractivity contribution is 6.01. The number of hydrogen-bond donors (Lipinski definition) is 2. The van der Waals surface area contributed by atoms with Crippen LogP contribution in [0, 0.1) is 11.8 Å². The van der Waals surface area contributed by atoms with Crippen molar-refractivity contribution in [2.45, 2.75) is 12.8 Å². The summed E-state index contributed by atoms with van der Waals surface area (Å²) in [6, 6.07) is 13.6. The van der Waals surface area contributed by atoms with Crippen LogP contribution in [0.4, 0.5) is 11.4 Å². The minimum absolute atomic E-state index is 0.231. The lowest BCUT2D eigenvalue weighted by Gasteiger charge is -2.27. The number of carbonyl (C=O) groups is 3. The van der Waals surface area contributed by atoms with Crippen molar-refractivity contribution >= 4 is 29.2 Å². The number of ether oxygens (including phenoxy) is 2. The molecule has 0 aliphatic heterocycles. The molecule has 7 nitrogen and oxygen atoms in total. The van der Waals surface area contributed by atoms with Gasteiger partial charge in [-0.1, -0.05) is 24.3 Å². The predicted molar refractivity (Wildman–Crippen MR) is 113 cm³/mol. The molecule has 1 aliphatic rings. The number of allylic oxidation sites excluding steroid dienone is 2. The van der Waals surface area contributed by atoms with Crippen molar-refractivity contribution in [1.82, 2.24) is 0 Å². The summed E-state index contributed by atoms with van der Waals surface area (Å²) in [5.41, 5.74) is 1.51. The number of anilines is 2. The number of benzene rings is 2. The molecule has 0 heterocycles. The summed E-state index contributed by atoms with van der Waals surface area (Å²) < 4.78 is 9.95. The molecule has 1 aliphatic carbocycles. The fourth-order valence-electron chi connectivity index (χ4n) is 3.41. The van der Waals surface area contributed by atoms with Gasteiger partial charge < -0.3 is 20.1 Å². The van der Waals surface area contributed by atoms with Gasteiger partial charge in [0.05, 0.1) is 37.3 Å². The second-order valence-electron chi connectivity index (χ2n) is 6.90. The van der Waals surface area contributed by atoms with Gasteiger partial charge in [0.1, 0.15) is 5.75 Å². The molecule has 0 bridgehead atoms. The summed E-state index contributed by atoms with van der Waals surface area (Å²) in [6.45, 7) is 0. The fraction of sp³-hybridized carbons (Fsp3) is 0.261. The van der Waals surface area contributed by atoms with E-state index in [2.05, 4.69) is 15.4 Å². The van der Waals surface area contributed by atoms with Gasteiger partial charge in [-0.05, 0) is 49.2 Å². The monoisotopic (exact) mass is 408 g/mol. The molecule has 30 heavy (non-hydrogen) atoms. The Morgan fingerprint density at radius 2 is 1.43 bits per heavy atom. The summed E-state index contributed by atoms with van der Waals surface area (Å²) in [6.07, 6.45) is 4.77. The number of rotatable bonds is 6. The molecular weight excluding hydrogens is 384 g/mol. The molecule has 2 aromatic carbocycles. The van der Waals surface area contributed by atoms with E-state index >= 15 is 0 Å². The normalized spacial score (nSPS) is 17.7. The summed E-state index contributed by atoms with van der Waals surface area (Å²) >= 11 is 0. The highest BCUT2D eigenvalue weighted by atomic mass is 16.5. The second kappa shape index (κ2) is 9.73. The average Bonchev–Trinajstić information content (AvgIpc) is 2.79. The quantitative estimate of drug-likeness (QED) is 0.562. The van der Waals surface area contributed by atoms with E-state index in [1.165, 1.54) is 14.2 Å². The molecule has 156 valence electrons. The molecule has 0 aromatic heterocycles. The van der Waals surface area contributed by atoms with Gasteiger partial charge >= 0.3 is 5.97 Å². The number of hydrogen-bond acceptors (Lipinski definition) is 5. The Balaban J connectivity index is 1.70. The number of carbonyl (C=O) groups excluding carboxylic acids is 3. The average molecular weight is 408 g/mol. The Morgan fingerprint density at radius 1 is 0.833 bits per heavy atom. The van der Waals surface area contributed by atoms with Gasteiger partial charge in [-0.25, -0.2) is 4.79 Å². The Morgan fingerprint density at radius 3 is 2.03 bits per heavy atom. The van der Waals surface area contributed by atoms with Crippen LogP contribution in [-0.2, 0) is 14.3 Å². The smallest absolute Gasteiger partial charge is 0.337 e. The molecule has 0 fully saturated rings. The van der Waals surface area contributed by atoms with Crippen molar-refractivity contribution in [1.29, 1.82) is 0 Å².